The Morgan fingerprint density at radius 2 is 1.74 bits per heavy atom. The molecule has 0 amide bonds. The smallest absolute Gasteiger partial charge is 0.422 e. The van der Waals surface area contributed by atoms with Gasteiger partial charge in [0.15, 0.2) is 12.9 Å². The second-order valence-electron chi connectivity index (χ2n) is 9.54. The zero-order chi connectivity index (χ0) is 24.2. The van der Waals surface area contributed by atoms with Crippen molar-refractivity contribution in [2.75, 3.05) is 6.61 Å². The molecule has 3 aliphatic rings. The van der Waals surface area contributed by atoms with Gasteiger partial charge in [0, 0.05) is 11.6 Å². The number of alkyl halides is 3. The number of tetrazole rings is 1. The van der Waals surface area contributed by atoms with Crippen molar-refractivity contribution in [3.8, 4) is 5.75 Å². The second kappa shape index (κ2) is 7.72. The van der Waals surface area contributed by atoms with Gasteiger partial charge >= 0.3 is 6.18 Å². The summed E-state index contributed by atoms with van der Waals surface area (Å²) in [5.74, 6) is -1.45. The number of benzene rings is 2. The summed E-state index contributed by atoms with van der Waals surface area (Å²) in [5, 5.41) is 22.9. The molecule has 0 saturated heterocycles. The number of halogens is 5. The lowest BCUT2D eigenvalue weighted by Gasteiger charge is -2.72. The number of hydrogen-bond acceptors (Lipinski definition) is 5. The number of ether oxygens (including phenoxy) is 1. The minimum atomic E-state index is -4.40. The summed E-state index contributed by atoms with van der Waals surface area (Å²) in [6, 6.07) is 9.65. The molecule has 3 aliphatic carbocycles. The van der Waals surface area contributed by atoms with Crippen LogP contribution in [-0.4, -0.2) is 38.1 Å². The van der Waals surface area contributed by atoms with Crippen LogP contribution in [0.15, 0.2) is 48.8 Å². The largest absolute Gasteiger partial charge is 0.484 e. The molecule has 2 aromatic carbocycles. The lowest BCUT2D eigenvalue weighted by molar-refractivity contribution is -0.189. The molecule has 11 heteroatoms. The van der Waals surface area contributed by atoms with E-state index in [4.69, 9.17) is 4.74 Å². The predicted molar refractivity (Wildman–Crippen MR) is 109 cm³/mol. The highest BCUT2D eigenvalue weighted by molar-refractivity contribution is 5.42. The van der Waals surface area contributed by atoms with Gasteiger partial charge < -0.3 is 9.84 Å². The Hall–Kier alpha value is -3.08. The quantitative estimate of drug-likeness (QED) is 0.487. The van der Waals surface area contributed by atoms with Gasteiger partial charge in [-0.15, -0.1) is 10.2 Å². The van der Waals surface area contributed by atoms with Crippen LogP contribution in [0.4, 0.5) is 22.0 Å². The molecule has 1 N–H and O–H groups in total. The van der Waals surface area contributed by atoms with E-state index in [1.54, 1.807) is 12.1 Å². The maximum atomic E-state index is 14.7. The number of rotatable bonds is 8. The van der Waals surface area contributed by atoms with Gasteiger partial charge in [0.05, 0.1) is 6.54 Å². The van der Waals surface area contributed by atoms with E-state index in [-0.39, 0.29) is 35.1 Å². The van der Waals surface area contributed by atoms with E-state index in [1.807, 2.05) is 0 Å². The monoisotopic (exact) mass is 480 g/mol. The normalized spacial score (nSPS) is 25.2. The van der Waals surface area contributed by atoms with Crippen LogP contribution in [0.2, 0.25) is 0 Å². The molecule has 2 bridgehead atoms. The SMILES string of the molecule is OC(Cn1ncnn1)(CC12CC(c3ccc(OCC(F)(F)F)cc3)(C1)C2)c1ccc(F)cc1F. The lowest BCUT2D eigenvalue weighted by Crippen LogP contribution is -2.66. The van der Waals surface area contributed by atoms with Gasteiger partial charge in [-0.2, -0.15) is 18.0 Å². The highest BCUT2D eigenvalue weighted by Gasteiger charge is 2.69. The van der Waals surface area contributed by atoms with Gasteiger partial charge in [-0.25, -0.2) is 8.78 Å². The molecule has 6 rings (SSSR count). The molecule has 0 spiro atoms. The van der Waals surface area contributed by atoms with Crippen LogP contribution < -0.4 is 4.74 Å². The molecule has 1 atom stereocenters. The van der Waals surface area contributed by atoms with Crippen LogP contribution in [-0.2, 0) is 17.6 Å². The molecule has 0 aliphatic heterocycles. The van der Waals surface area contributed by atoms with E-state index in [1.165, 1.54) is 29.3 Å². The van der Waals surface area contributed by atoms with E-state index in [2.05, 4.69) is 15.4 Å². The topological polar surface area (TPSA) is 73.1 Å². The molecule has 6 nitrogen and oxygen atoms in total. The summed E-state index contributed by atoms with van der Waals surface area (Å²) >= 11 is 0. The maximum Gasteiger partial charge on any atom is 0.422 e. The Labute approximate surface area is 191 Å². The van der Waals surface area contributed by atoms with E-state index in [9.17, 15) is 27.1 Å². The summed E-state index contributed by atoms with van der Waals surface area (Å²) in [6.07, 6.45) is -0.768. The van der Waals surface area contributed by atoms with Crippen molar-refractivity contribution in [1.82, 2.24) is 20.2 Å². The summed E-state index contributed by atoms with van der Waals surface area (Å²) in [5.41, 5.74) is -1.10. The van der Waals surface area contributed by atoms with Gasteiger partial charge in [-0.05, 0) is 65.5 Å². The minimum Gasteiger partial charge on any atom is -0.484 e. The van der Waals surface area contributed by atoms with E-state index in [0.717, 1.165) is 37.0 Å². The van der Waals surface area contributed by atoms with Gasteiger partial charge in [-0.1, -0.05) is 18.2 Å². The van der Waals surface area contributed by atoms with Crippen molar-refractivity contribution in [2.24, 2.45) is 5.41 Å². The fourth-order valence-electron chi connectivity index (χ4n) is 5.78. The van der Waals surface area contributed by atoms with E-state index >= 15 is 0 Å². The molecular weight excluding hydrogens is 459 g/mol. The first-order chi connectivity index (χ1) is 16.0. The van der Waals surface area contributed by atoms with Crippen molar-refractivity contribution < 1.29 is 31.8 Å². The standard InChI is InChI=1S/C23H21F5N4O2/c24-16-3-6-18(19(25)7-16)22(33,12-32-30-14-29-31-32)11-20-8-21(9-20,10-20)15-1-4-17(5-2-15)34-13-23(26,27)28/h1-7,14,33H,8-13H2. The Kier molecular flexibility index (Phi) is 5.16. The molecule has 1 aromatic heterocycles. The second-order valence-corrected chi connectivity index (χ2v) is 9.54. The van der Waals surface area contributed by atoms with Crippen LogP contribution in [0.25, 0.3) is 0 Å². The first-order valence-corrected chi connectivity index (χ1v) is 10.7. The summed E-state index contributed by atoms with van der Waals surface area (Å²) in [4.78, 5) is 1.17. The Morgan fingerprint density at radius 1 is 1.03 bits per heavy atom. The summed E-state index contributed by atoms with van der Waals surface area (Å²) in [7, 11) is 0. The predicted octanol–water partition coefficient (Wildman–Crippen LogP) is 4.29. The number of aromatic nitrogens is 4. The molecule has 1 heterocycles. The molecular formula is C23H21F5N4O2. The molecule has 180 valence electrons. The Bertz CT molecular complexity index is 1160. The first-order valence-electron chi connectivity index (χ1n) is 10.7. The van der Waals surface area contributed by atoms with E-state index in [0.29, 0.717) is 0 Å². The summed E-state index contributed by atoms with van der Waals surface area (Å²) in [6.45, 7) is -1.49. The van der Waals surface area contributed by atoms with Crippen LogP contribution in [0.1, 0.15) is 36.8 Å². The molecule has 3 fully saturated rings. The van der Waals surface area contributed by atoms with Crippen molar-refractivity contribution in [3.63, 3.8) is 0 Å². The average molecular weight is 480 g/mol. The van der Waals surface area contributed by atoms with Crippen LogP contribution in [0, 0.1) is 17.0 Å². The number of aliphatic hydroxyl groups is 1. The lowest BCUT2D eigenvalue weighted by atomic mass is 9.32. The molecule has 0 radical (unpaired) electrons. The van der Waals surface area contributed by atoms with Crippen LogP contribution in [0.5, 0.6) is 5.75 Å². The number of nitrogens with zero attached hydrogens (tertiary/aromatic N) is 4. The zero-order valence-electron chi connectivity index (χ0n) is 17.9. The minimum absolute atomic E-state index is 0.0314. The van der Waals surface area contributed by atoms with Gasteiger partial charge in [0.25, 0.3) is 0 Å². The maximum absolute atomic E-state index is 14.7. The zero-order valence-corrected chi connectivity index (χ0v) is 17.9. The fraction of sp³-hybridized carbons (Fsp3) is 0.435. The highest BCUT2D eigenvalue weighted by atomic mass is 19.4. The van der Waals surface area contributed by atoms with E-state index < -0.39 is 30.0 Å². The molecule has 3 aromatic rings. The Morgan fingerprint density at radius 3 is 2.32 bits per heavy atom. The number of hydrogen-bond donors (Lipinski definition) is 1. The van der Waals surface area contributed by atoms with Crippen molar-refractivity contribution in [2.45, 2.75) is 49.4 Å². The molecule has 34 heavy (non-hydrogen) atoms. The third kappa shape index (κ3) is 4.13. The molecule has 3 saturated carbocycles. The Balaban J connectivity index is 1.30. The van der Waals surface area contributed by atoms with Crippen molar-refractivity contribution >= 4 is 0 Å². The van der Waals surface area contributed by atoms with Gasteiger partial charge in [-0.3, -0.25) is 0 Å². The average Bonchev–Trinajstić information content (AvgIpc) is 3.20. The van der Waals surface area contributed by atoms with Crippen LogP contribution in [0.3, 0.4) is 0 Å². The first kappa shape index (κ1) is 22.7. The van der Waals surface area contributed by atoms with Gasteiger partial charge in [0.2, 0.25) is 0 Å². The molecule has 1 unspecified atom stereocenters. The van der Waals surface area contributed by atoms with Gasteiger partial charge in [0.1, 0.15) is 23.0 Å². The van der Waals surface area contributed by atoms with Crippen LogP contribution >= 0.6 is 0 Å². The van der Waals surface area contributed by atoms with Crippen molar-refractivity contribution in [1.29, 1.82) is 0 Å². The third-order valence-electron chi connectivity index (χ3n) is 6.90. The third-order valence-corrected chi connectivity index (χ3v) is 6.90. The summed E-state index contributed by atoms with van der Waals surface area (Å²) < 4.78 is 69.9. The van der Waals surface area contributed by atoms with Crippen molar-refractivity contribution in [3.05, 3.63) is 71.6 Å². The highest BCUT2D eigenvalue weighted by Crippen LogP contribution is 2.76. The fourth-order valence-corrected chi connectivity index (χ4v) is 5.78.